The maximum Gasteiger partial charge on any atom is 0.356 e. The fourth-order valence-electron chi connectivity index (χ4n) is 3.84. The third-order valence-corrected chi connectivity index (χ3v) is 6.24. The zero-order valence-corrected chi connectivity index (χ0v) is 21.2. The lowest BCUT2D eigenvalue weighted by Crippen LogP contribution is -2.29. The van der Waals surface area contributed by atoms with Crippen molar-refractivity contribution >= 4 is 17.9 Å². The van der Waals surface area contributed by atoms with Crippen molar-refractivity contribution in [2.45, 2.75) is 65.3 Å². The van der Waals surface area contributed by atoms with E-state index >= 15 is 0 Å². The van der Waals surface area contributed by atoms with Crippen molar-refractivity contribution in [2.75, 3.05) is 18.1 Å². The maximum atomic E-state index is 11.7. The van der Waals surface area contributed by atoms with Crippen molar-refractivity contribution in [1.29, 1.82) is 0 Å². The van der Waals surface area contributed by atoms with Crippen LogP contribution in [-0.2, 0) is 4.79 Å². The summed E-state index contributed by atoms with van der Waals surface area (Å²) >= 11 is 0. The first-order valence-electron chi connectivity index (χ1n) is 12.8. The predicted molar refractivity (Wildman–Crippen MR) is 142 cm³/mol. The lowest BCUT2D eigenvalue weighted by molar-refractivity contribution is -0.132. The van der Waals surface area contributed by atoms with Crippen molar-refractivity contribution in [3.63, 3.8) is 0 Å². The minimum atomic E-state index is -1.06. The van der Waals surface area contributed by atoms with Gasteiger partial charge in [-0.2, -0.15) is 0 Å². The molecule has 1 aliphatic heterocycles. The lowest BCUT2D eigenvalue weighted by Gasteiger charge is -2.32. The summed E-state index contributed by atoms with van der Waals surface area (Å²) in [5.74, 6) is 0.913. The van der Waals surface area contributed by atoms with Crippen LogP contribution in [0.5, 0.6) is 11.5 Å². The van der Waals surface area contributed by atoms with Crippen LogP contribution in [0.25, 0.3) is 0 Å². The Labute approximate surface area is 209 Å². The minimum Gasteiger partial charge on any atom is -0.494 e. The van der Waals surface area contributed by atoms with Gasteiger partial charge in [0.05, 0.1) is 24.9 Å². The third kappa shape index (κ3) is 7.61. The SMILES string of the molecule is CCCCCCCOc1ccc(C2C=NC(C(=O)O)=CN2c2ccccc2OCC(C)CC)cc1. The van der Waals surface area contributed by atoms with Crippen molar-refractivity contribution < 1.29 is 19.4 Å². The molecule has 0 saturated carbocycles. The molecule has 1 N–H and O–H groups in total. The van der Waals surface area contributed by atoms with Crippen LogP contribution in [0.2, 0.25) is 0 Å². The highest BCUT2D eigenvalue weighted by Crippen LogP contribution is 2.37. The molecule has 0 aromatic heterocycles. The lowest BCUT2D eigenvalue weighted by atomic mass is 10.0. The van der Waals surface area contributed by atoms with Gasteiger partial charge in [-0.05, 0) is 42.2 Å². The number of carbonyl (C=O) groups is 1. The van der Waals surface area contributed by atoms with Crippen LogP contribution in [0.1, 0.15) is 70.9 Å². The number of hydrogen-bond donors (Lipinski definition) is 1. The molecular formula is C29H38N2O4. The second-order valence-corrected chi connectivity index (χ2v) is 9.07. The molecule has 0 radical (unpaired) electrons. The Balaban J connectivity index is 1.78. The molecule has 6 heteroatoms. The first-order valence-corrected chi connectivity index (χ1v) is 12.8. The largest absolute Gasteiger partial charge is 0.494 e. The van der Waals surface area contributed by atoms with E-state index in [9.17, 15) is 9.90 Å². The van der Waals surface area contributed by atoms with Gasteiger partial charge in [0, 0.05) is 12.4 Å². The average molecular weight is 479 g/mol. The zero-order valence-electron chi connectivity index (χ0n) is 21.2. The molecule has 1 heterocycles. The van der Waals surface area contributed by atoms with Crippen molar-refractivity contribution in [1.82, 2.24) is 0 Å². The highest BCUT2D eigenvalue weighted by molar-refractivity contribution is 5.92. The molecule has 0 bridgehead atoms. The van der Waals surface area contributed by atoms with Gasteiger partial charge in [-0.25, -0.2) is 9.79 Å². The molecule has 35 heavy (non-hydrogen) atoms. The monoisotopic (exact) mass is 478 g/mol. The fraction of sp³-hybridized carbons (Fsp3) is 0.448. The van der Waals surface area contributed by atoms with Crippen LogP contribution in [0.15, 0.2) is 65.4 Å². The number of nitrogens with zero attached hydrogens (tertiary/aromatic N) is 2. The number of benzene rings is 2. The normalized spacial score (nSPS) is 16.0. The van der Waals surface area contributed by atoms with Crippen LogP contribution < -0.4 is 14.4 Å². The Morgan fingerprint density at radius 2 is 1.77 bits per heavy atom. The van der Waals surface area contributed by atoms with Crippen molar-refractivity contribution in [2.24, 2.45) is 10.9 Å². The fourth-order valence-corrected chi connectivity index (χ4v) is 3.84. The Hall–Kier alpha value is -3.28. The Bertz CT molecular complexity index is 1000. The number of aliphatic carboxylic acids is 1. The van der Waals surface area contributed by atoms with Gasteiger partial charge in [0.25, 0.3) is 0 Å². The van der Waals surface area contributed by atoms with E-state index in [1.807, 2.05) is 53.4 Å². The van der Waals surface area contributed by atoms with Crippen LogP contribution >= 0.6 is 0 Å². The summed E-state index contributed by atoms with van der Waals surface area (Å²) in [5, 5.41) is 9.57. The highest BCUT2D eigenvalue weighted by Gasteiger charge is 2.26. The minimum absolute atomic E-state index is 0.0130. The number of hydrogen-bond acceptors (Lipinski definition) is 5. The standard InChI is InChI=1S/C29H38N2O4/c1-4-6-7-8-11-18-34-24-16-14-23(15-17-24)27-19-30-25(29(32)33)20-31(27)26-12-9-10-13-28(26)35-21-22(3)5-2/h9-10,12-17,19-20,22,27H,4-8,11,18,21H2,1-3H3,(H,32,33). The van der Waals surface area contributed by atoms with Crippen LogP contribution in [0, 0.1) is 5.92 Å². The van der Waals surface area contributed by atoms with E-state index in [2.05, 4.69) is 25.8 Å². The van der Waals surface area contributed by atoms with Gasteiger partial charge in [0.2, 0.25) is 0 Å². The smallest absolute Gasteiger partial charge is 0.356 e. The molecule has 2 aromatic rings. The van der Waals surface area contributed by atoms with Crippen LogP contribution in [0.3, 0.4) is 0 Å². The molecule has 2 aromatic carbocycles. The number of carboxylic acids is 1. The first kappa shape index (κ1) is 26.3. The quantitative estimate of drug-likeness (QED) is 0.295. The number of aliphatic imine (C=N–C) groups is 1. The molecule has 3 rings (SSSR count). The Morgan fingerprint density at radius 1 is 1.03 bits per heavy atom. The van der Waals surface area contributed by atoms with Gasteiger partial charge < -0.3 is 19.5 Å². The van der Waals surface area contributed by atoms with Crippen LogP contribution in [0.4, 0.5) is 5.69 Å². The zero-order chi connectivity index (χ0) is 25.0. The van der Waals surface area contributed by atoms with Gasteiger partial charge in [-0.1, -0.05) is 77.1 Å². The van der Waals surface area contributed by atoms with E-state index in [0.717, 1.165) is 35.6 Å². The van der Waals surface area contributed by atoms with E-state index < -0.39 is 5.97 Å². The summed E-state index contributed by atoms with van der Waals surface area (Å²) in [7, 11) is 0. The second-order valence-electron chi connectivity index (χ2n) is 9.07. The summed E-state index contributed by atoms with van der Waals surface area (Å²) in [6.07, 6.45) is 10.3. The van der Waals surface area contributed by atoms with E-state index in [1.54, 1.807) is 12.4 Å². The highest BCUT2D eigenvalue weighted by atomic mass is 16.5. The predicted octanol–water partition coefficient (Wildman–Crippen LogP) is 7.02. The molecule has 0 spiro atoms. The molecule has 2 atom stereocenters. The Morgan fingerprint density at radius 3 is 2.49 bits per heavy atom. The molecule has 6 nitrogen and oxygen atoms in total. The molecule has 1 aliphatic rings. The molecule has 188 valence electrons. The summed E-state index contributed by atoms with van der Waals surface area (Å²) in [6.45, 7) is 7.81. The van der Waals surface area contributed by atoms with Crippen molar-refractivity contribution in [3.05, 3.63) is 66.0 Å². The third-order valence-electron chi connectivity index (χ3n) is 6.24. The van der Waals surface area contributed by atoms with Gasteiger partial charge in [0.15, 0.2) is 5.70 Å². The summed E-state index contributed by atoms with van der Waals surface area (Å²) < 4.78 is 12.1. The number of carboxylic acid groups (broad SMARTS) is 1. The molecule has 0 aliphatic carbocycles. The summed E-state index contributed by atoms with van der Waals surface area (Å²) in [4.78, 5) is 17.8. The van der Waals surface area contributed by atoms with E-state index in [1.165, 1.54) is 25.7 Å². The molecule has 0 fully saturated rings. The number of para-hydroxylation sites is 2. The number of unbranched alkanes of at least 4 members (excludes halogenated alkanes) is 4. The van der Waals surface area contributed by atoms with E-state index in [0.29, 0.717) is 19.1 Å². The average Bonchev–Trinajstić information content (AvgIpc) is 2.89. The van der Waals surface area contributed by atoms with Gasteiger partial charge >= 0.3 is 5.97 Å². The first-order chi connectivity index (χ1) is 17.0. The van der Waals surface area contributed by atoms with Crippen molar-refractivity contribution in [3.8, 4) is 11.5 Å². The van der Waals surface area contributed by atoms with Gasteiger partial charge in [-0.3, -0.25) is 0 Å². The van der Waals surface area contributed by atoms with Gasteiger partial charge in [0.1, 0.15) is 11.5 Å². The second kappa shape index (κ2) is 13.6. The summed E-state index contributed by atoms with van der Waals surface area (Å²) in [6, 6.07) is 15.4. The number of anilines is 1. The maximum absolute atomic E-state index is 11.7. The van der Waals surface area contributed by atoms with Crippen LogP contribution in [-0.4, -0.2) is 30.5 Å². The molecular weight excluding hydrogens is 440 g/mol. The summed E-state index contributed by atoms with van der Waals surface area (Å²) in [5.41, 5.74) is 1.78. The number of rotatable bonds is 14. The Kier molecular flexibility index (Phi) is 10.2. The van der Waals surface area contributed by atoms with Gasteiger partial charge in [-0.15, -0.1) is 0 Å². The van der Waals surface area contributed by atoms with E-state index in [4.69, 9.17) is 9.47 Å². The topological polar surface area (TPSA) is 71.4 Å². The molecule has 0 amide bonds. The van der Waals surface area contributed by atoms with E-state index in [-0.39, 0.29) is 11.7 Å². The molecule has 0 saturated heterocycles. The number of ether oxygens (including phenoxy) is 2. The molecule has 2 unspecified atom stereocenters.